The maximum atomic E-state index is 12.2. The molecule has 0 radical (unpaired) electrons. The quantitative estimate of drug-likeness (QED) is 0.851. The number of aromatic nitrogens is 1. The van der Waals surface area contributed by atoms with E-state index < -0.39 is 0 Å². The molecule has 0 saturated heterocycles. The molecule has 1 N–H and O–H groups in total. The lowest BCUT2D eigenvalue weighted by molar-refractivity contribution is 0.249. The maximum Gasteiger partial charge on any atom is 0.327 e. The van der Waals surface area contributed by atoms with Crippen molar-refractivity contribution < 1.29 is 9.53 Å². The normalized spacial score (nSPS) is 13.4. The van der Waals surface area contributed by atoms with E-state index in [1.165, 1.54) is 0 Å². The zero-order chi connectivity index (χ0) is 13.1. The lowest BCUT2D eigenvalue weighted by atomic mass is 10.3. The molecule has 3 rings (SSSR count). The van der Waals surface area contributed by atoms with E-state index in [9.17, 15) is 4.79 Å². The van der Waals surface area contributed by atoms with Crippen molar-refractivity contribution in [1.29, 1.82) is 0 Å². The highest BCUT2D eigenvalue weighted by Crippen LogP contribution is 2.28. The van der Waals surface area contributed by atoms with Gasteiger partial charge in [0.2, 0.25) is 0 Å². The van der Waals surface area contributed by atoms with E-state index in [4.69, 9.17) is 4.74 Å². The number of pyridine rings is 1. The number of para-hydroxylation sites is 1. The summed E-state index contributed by atoms with van der Waals surface area (Å²) in [6, 6.07) is 12.7. The molecule has 5 nitrogen and oxygen atoms in total. The van der Waals surface area contributed by atoms with Crippen LogP contribution in [0.25, 0.3) is 0 Å². The number of carbonyl (C=O) groups excluding carboxylic acids is 1. The Balaban J connectivity index is 1.82. The van der Waals surface area contributed by atoms with Gasteiger partial charge in [-0.05, 0) is 24.3 Å². The first-order valence-corrected chi connectivity index (χ1v) is 6.06. The molecule has 1 aliphatic heterocycles. The number of urea groups is 1. The molecule has 0 atom stereocenters. The Morgan fingerprint density at radius 3 is 2.89 bits per heavy atom. The van der Waals surface area contributed by atoms with Crippen molar-refractivity contribution in [3.8, 4) is 5.75 Å². The van der Waals surface area contributed by atoms with E-state index in [0.717, 1.165) is 5.69 Å². The number of carbonyl (C=O) groups is 1. The summed E-state index contributed by atoms with van der Waals surface area (Å²) in [4.78, 5) is 18.0. The molecule has 0 bridgehead atoms. The molecule has 5 heteroatoms. The summed E-state index contributed by atoms with van der Waals surface area (Å²) in [6.07, 6.45) is 1.65. The first kappa shape index (κ1) is 11.5. The third kappa shape index (κ3) is 2.35. The van der Waals surface area contributed by atoms with Crippen LogP contribution >= 0.6 is 0 Å². The zero-order valence-corrected chi connectivity index (χ0v) is 10.2. The number of nitrogens with zero attached hydrogens (tertiary/aromatic N) is 2. The van der Waals surface area contributed by atoms with Crippen LogP contribution in [0, 0.1) is 0 Å². The highest BCUT2D eigenvalue weighted by atomic mass is 16.5. The molecule has 0 unspecified atom stereocenters. The second kappa shape index (κ2) is 4.97. The molecule has 2 amide bonds. The Morgan fingerprint density at radius 1 is 1.21 bits per heavy atom. The van der Waals surface area contributed by atoms with Gasteiger partial charge in [0.1, 0.15) is 6.61 Å². The lowest BCUT2D eigenvalue weighted by Crippen LogP contribution is -2.41. The van der Waals surface area contributed by atoms with Crippen LogP contribution in [0.2, 0.25) is 0 Å². The molecule has 1 aromatic heterocycles. The van der Waals surface area contributed by atoms with Crippen LogP contribution in [-0.2, 0) is 0 Å². The Hall–Kier alpha value is -2.56. The Morgan fingerprint density at radius 2 is 2.05 bits per heavy atom. The van der Waals surface area contributed by atoms with Crippen molar-refractivity contribution in [3.05, 3.63) is 48.7 Å². The van der Waals surface area contributed by atoms with Crippen LogP contribution in [0.4, 0.5) is 16.3 Å². The predicted octanol–water partition coefficient (Wildman–Crippen LogP) is 2.51. The summed E-state index contributed by atoms with van der Waals surface area (Å²) >= 11 is 0. The Labute approximate surface area is 110 Å². The SMILES string of the molecule is O=C(Nc1ccccc1)N1CCOc2cccnc21. The smallest absolute Gasteiger partial charge is 0.327 e. The molecule has 0 saturated carbocycles. The number of hydrogen-bond acceptors (Lipinski definition) is 3. The minimum absolute atomic E-state index is 0.200. The first-order valence-electron chi connectivity index (χ1n) is 6.06. The van der Waals surface area contributed by atoms with E-state index in [-0.39, 0.29) is 6.03 Å². The number of hydrogen-bond donors (Lipinski definition) is 1. The molecule has 19 heavy (non-hydrogen) atoms. The number of nitrogens with one attached hydrogen (secondary N) is 1. The fourth-order valence-electron chi connectivity index (χ4n) is 1.96. The van der Waals surface area contributed by atoms with E-state index in [2.05, 4.69) is 10.3 Å². The van der Waals surface area contributed by atoms with Crippen molar-refractivity contribution in [2.45, 2.75) is 0 Å². The molecular formula is C14H13N3O2. The van der Waals surface area contributed by atoms with Crippen LogP contribution in [-0.4, -0.2) is 24.2 Å². The standard InChI is InChI=1S/C14H13N3O2/c18-14(16-11-5-2-1-3-6-11)17-9-10-19-12-7-4-8-15-13(12)17/h1-8H,9-10H2,(H,16,18). The van der Waals surface area contributed by atoms with Crippen molar-refractivity contribution in [1.82, 2.24) is 4.98 Å². The summed E-state index contributed by atoms with van der Waals surface area (Å²) in [5.41, 5.74) is 0.761. The van der Waals surface area contributed by atoms with Gasteiger partial charge >= 0.3 is 6.03 Å². The topological polar surface area (TPSA) is 54.5 Å². The molecule has 0 fully saturated rings. The van der Waals surface area contributed by atoms with Crippen LogP contribution in [0.15, 0.2) is 48.7 Å². The molecule has 2 heterocycles. The lowest BCUT2D eigenvalue weighted by Gasteiger charge is -2.28. The highest BCUT2D eigenvalue weighted by molar-refractivity contribution is 6.02. The van der Waals surface area contributed by atoms with Crippen molar-refractivity contribution in [2.24, 2.45) is 0 Å². The number of amides is 2. The van der Waals surface area contributed by atoms with Gasteiger partial charge in [0, 0.05) is 11.9 Å². The second-order valence-electron chi connectivity index (χ2n) is 4.12. The number of benzene rings is 1. The number of rotatable bonds is 1. The molecule has 2 aromatic rings. The van der Waals surface area contributed by atoms with Gasteiger partial charge in [-0.3, -0.25) is 4.90 Å². The van der Waals surface area contributed by atoms with E-state index in [0.29, 0.717) is 24.7 Å². The first-order chi connectivity index (χ1) is 9.34. The largest absolute Gasteiger partial charge is 0.488 e. The predicted molar refractivity (Wildman–Crippen MR) is 72.5 cm³/mol. The Bertz CT molecular complexity index is 586. The van der Waals surface area contributed by atoms with Crippen LogP contribution in [0.3, 0.4) is 0 Å². The molecule has 0 aliphatic carbocycles. The Kier molecular flexibility index (Phi) is 3.02. The van der Waals surface area contributed by atoms with E-state index in [1.807, 2.05) is 36.4 Å². The summed E-state index contributed by atoms with van der Waals surface area (Å²) < 4.78 is 5.47. The minimum Gasteiger partial charge on any atom is -0.488 e. The van der Waals surface area contributed by atoms with Crippen LogP contribution in [0.5, 0.6) is 5.75 Å². The summed E-state index contributed by atoms with van der Waals surface area (Å²) in [5, 5.41) is 2.84. The summed E-state index contributed by atoms with van der Waals surface area (Å²) in [5.74, 6) is 1.19. The van der Waals surface area contributed by atoms with Gasteiger partial charge in [-0.1, -0.05) is 18.2 Å². The fraction of sp³-hybridized carbons (Fsp3) is 0.143. The van der Waals surface area contributed by atoms with Gasteiger partial charge < -0.3 is 10.1 Å². The van der Waals surface area contributed by atoms with Crippen LogP contribution in [0.1, 0.15) is 0 Å². The number of fused-ring (bicyclic) bond motifs is 1. The fourth-order valence-corrected chi connectivity index (χ4v) is 1.96. The van der Waals surface area contributed by atoms with Crippen molar-refractivity contribution in [3.63, 3.8) is 0 Å². The highest BCUT2D eigenvalue weighted by Gasteiger charge is 2.24. The van der Waals surface area contributed by atoms with Crippen molar-refractivity contribution >= 4 is 17.5 Å². The van der Waals surface area contributed by atoms with Gasteiger partial charge in [0.15, 0.2) is 11.6 Å². The molecule has 1 aromatic carbocycles. The molecular weight excluding hydrogens is 242 g/mol. The maximum absolute atomic E-state index is 12.2. The van der Waals surface area contributed by atoms with Gasteiger partial charge in [0.25, 0.3) is 0 Å². The monoisotopic (exact) mass is 255 g/mol. The zero-order valence-electron chi connectivity index (χ0n) is 10.2. The van der Waals surface area contributed by atoms with Crippen molar-refractivity contribution in [2.75, 3.05) is 23.4 Å². The third-order valence-electron chi connectivity index (χ3n) is 2.85. The van der Waals surface area contributed by atoms with Gasteiger partial charge in [0.05, 0.1) is 6.54 Å². The average molecular weight is 255 g/mol. The summed E-state index contributed by atoms with van der Waals surface area (Å²) in [6.45, 7) is 0.962. The second-order valence-corrected chi connectivity index (χ2v) is 4.12. The molecule has 0 spiro atoms. The van der Waals surface area contributed by atoms with Gasteiger partial charge in [-0.2, -0.15) is 0 Å². The average Bonchev–Trinajstić information content (AvgIpc) is 2.47. The molecule has 1 aliphatic rings. The minimum atomic E-state index is -0.200. The molecule has 96 valence electrons. The van der Waals surface area contributed by atoms with E-state index >= 15 is 0 Å². The number of anilines is 2. The third-order valence-corrected chi connectivity index (χ3v) is 2.85. The number of ether oxygens (including phenoxy) is 1. The van der Waals surface area contributed by atoms with Gasteiger partial charge in [-0.25, -0.2) is 9.78 Å². The van der Waals surface area contributed by atoms with E-state index in [1.54, 1.807) is 17.2 Å². The summed E-state index contributed by atoms with van der Waals surface area (Å²) in [7, 11) is 0. The van der Waals surface area contributed by atoms with Crippen LogP contribution < -0.4 is 15.0 Å². The van der Waals surface area contributed by atoms with Gasteiger partial charge in [-0.15, -0.1) is 0 Å².